The zero-order valence-corrected chi connectivity index (χ0v) is 73.0. The maximum Gasteiger partial charge on any atom is 0.212 e. The normalized spacial score (nSPS) is 13.8. The summed E-state index contributed by atoms with van der Waals surface area (Å²) in [6.45, 7) is 27.9. The van der Waals surface area contributed by atoms with Crippen molar-refractivity contribution in [1.29, 1.82) is 0 Å². The topological polar surface area (TPSA) is 28.4 Å². The summed E-state index contributed by atoms with van der Waals surface area (Å²) in [5.74, 6) is -0.621. The quantitative estimate of drug-likeness (QED) is 0.125. The van der Waals surface area contributed by atoms with Gasteiger partial charge in [0.2, 0.25) is 22.8 Å². The molecule has 5 heteroatoms. The first kappa shape index (κ1) is 71.1. The summed E-state index contributed by atoms with van der Waals surface area (Å²) < 4.78 is 77.2. The van der Waals surface area contributed by atoms with Gasteiger partial charge in [-0.1, -0.05) is 231 Å². The zero-order valence-electron chi connectivity index (χ0n) is 81.0. The van der Waals surface area contributed by atoms with Crippen LogP contribution in [-0.2, 0) is 66.6 Å². The molecule has 119 heavy (non-hydrogen) atoms. The summed E-state index contributed by atoms with van der Waals surface area (Å²) in [7, 11) is 8.10. The van der Waals surface area contributed by atoms with Crippen LogP contribution in [0, 0.1) is 66.1 Å². The Balaban J connectivity index is 0.000000126. The molecule has 0 fully saturated rings. The van der Waals surface area contributed by atoms with Crippen molar-refractivity contribution in [2.45, 2.75) is 155 Å². The Morgan fingerprint density at radius 2 is 0.739 bits per heavy atom. The van der Waals surface area contributed by atoms with E-state index in [1.54, 1.807) is 12.3 Å². The van der Waals surface area contributed by atoms with E-state index < -0.39 is 36.3 Å². The van der Waals surface area contributed by atoms with Crippen molar-refractivity contribution >= 4 is 0 Å². The van der Waals surface area contributed by atoms with E-state index in [0.717, 1.165) is 81.7 Å². The van der Waals surface area contributed by atoms with Gasteiger partial charge in [0.15, 0.2) is 24.8 Å². The summed E-state index contributed by atoms with van der Waals surface area (Å²) >= 11 is 0. The van der Waals surface area contributed by atoms with Gasteiger partial charge in [-0.05, 0) is 291 Å². The molecule has 0 bridgehead atoms. The van der Waals surface area contributed by atoms with E-state index in [9.17, 15) is 0 Å². The molecule has 594 valence electrons. The van der Waals surface area contributed by atoms with Gasteiger partial charge in [0, 0.05) is 97.9 Å². The highest BCUT2D eigenvalue weighted by atomic mass is 14.9. The minimum atomic E-state index is -2.44. The molecule has 4 aliphatic rings. The molecule has 10 aromatic carbocycles. The number of hydrogen-bond donors (Lipinski definition) is 0. The smallest absolute Gasteiger partial charge is 0.212 e. The first-order valence-electron chi connectivity index (χ1n) is 46.1. The third-order valence-electron chi connectivity index (χ3n) is 24.7. The van der Waals surface area contributed by atoms with Crippen LogP contribution in [0.25, 0.3) is 123 Å². The molecule has 5 aromatic heterocycles. The molecular formula is C114H117N5+4. The average molecular weight is 1570 g/mol. The molecule has 0 amide bonds. The van der Waals surface area contributed by atoms with Crippen LogP contribution in [0.3, 0.4) is 0 Å². The van der Waals surface area contributed by atoms with E-state index in [1.165, 1.54) is 162 Å². The first-order valence-corrected chi connectivity index (χ1v) is 42.1. The Morgan fingerprint density at radius 1 is 0.345 bits per heavy atom. The molecule has 15 aromatic rings. The molecule has 0 spiro atoms. The maximum atomic E-state index is 9.02. The molecule has 19 rings (SSSR count). The minimum absolute atomic E-state index is 0.0539. The van der Waals surface area contributed by atoms with Crippen molar-refractivity contribution in [3.05, 3.63) is 373 Å². The predicted molar refractivity (Wildman–Crippen MR) is 498 cm³/mol. The van der Waals surface area contributed by atoms with E-state index in [-0.39, 0.29) is 11.1 Å². The molecule has 4 aliphatic carbocycles. The molecule has 5 nitrogen and oxygen atoms in total. The Bertz CT molecular complexity index is 6860. The van der Waals surface area contributed by atoms with Gasteiger partial charge in [-0.2, -0.15) is 0 Å². The highest BCUT2D eigenvalue weighted by Gasteiger charge is 2.34. The number of aromatic nitrogens is 5. The van der Waals surface area contributed by atoms with Crippen molar-refractivity contribution in [3.63, 3.8) is 0 Å². The molecular weight excluding hydrogens is 1440 g/mol. The standard InChI is InChI=1S/2C32H34N.C30H30N.C20H19N2/c1-21-20-33(6)30(17-25(21)19-32(3,4)5)27-18-29(23-12-8-7-9-13-23)31-26-15-11-10-14-24(26)16-28(31)22(27)2;1-21-16-30(33(6)20-25(21)19-32(3,4)5)27-18-29(23-12-8-7-9-13-23)31-26-15-11-10-14-24(26)17-28(31)22(27)2;1-19(2)28-18-31(5)29(15-20(28)3)25-17-27(22-11-7-6-8-12-22)30-24-14-10-9-13-23(24)16-26(30)21(25)4;1-13-7-8-17-16-10-9-15(20-6-4-5-11-22(20)3)14(2)18(16)12-19(17)21-13/h7-15,17-18,20H,16,19H2,1-6H3;7-16,18,20H,17,19H2,1-6H3;6-15,17-19H,16H2,1-5H3;4-11H,12H2,1-3H3/q4*+1/i1D3,19D2;19D2;19D;. The van der Waals surface area contributed by atoms with Crippen molar-refractivity contribution in [2.75, 3.05) is 0 Å². The minimum Gasteiger partial charge on any atom is -0.257 e. The van der Waals surface area contributed by atoms with Crippen LogP contribution in [-0.4, -0.2) is 4.98 Å². The van der Waals surface area contributed by atoms with Crippen LogP contribution < -0.4 is 18.3 Å². The Hall–Kier alpha value is -12.1. The second kappa shape index (κ2) is 32.7. The van der Waals surface area contributed by atoms with Crippen molar-refractivity contribution < 1.29 is 29.2 Å². The van der Waals surface area contributed by atoms with Crippen molar-refractivity contribution in [3.8, 4) is 123 Å². The van der Waals surface area contributed by atoms with Gasteiger partial charge in [0.05, 0.1) is 5.69 Å². The van der Waals surface area contributed by atoms with E-state index in [2.05, 4.69) is 300 Å². The van der Waals surface area contributed by atoms with Crippen LogP contribution in [0.1, 0.15) is 178 Å². The highest BCUT2D eigenvalue weighted by molar-refractivity contribution is 5.97. The Kier molecular flexibility index (Phi) is 19.5. The maximum absolute atomic E-state index is 9.02. The fourth-order valence-electron chi connectivity index (χ4n) is 18.8. The molecule has 0 saturated carbocycles. The van der Waals surface area contributed by atoms with Crippen LogP contribution in [0.15, 0.2) is 267 Å². The van der Waals surface area contributed by atoms with Gasteiger partial charge < -0.3 is 0 Å². The zero-order chi connectivity index (χ0) is 90.6. The van der Waals surface area contributed by atoms with Gasteiger partial charge >= 0.3 is 0 Å². The molecule has 5 heterocycles. The summed E-state index contributed by atoms with van der Waals surface area (Å²) in [5, 5.41) is 0. The van der Waals surface area contributed by atoms with Gasteiger partial charge in [-0.15, -0.1) is 0 Å². The number of fused-ring (bicyclic) bond motifs is 12. The van der Waals surface area contributed by atoms with Gasteiger partial charge in [0.1, 0.15) is 28.2 Å². The highest BCUT2D eigenvalue weighted by Crippen LogP contribution is 2.52. The van der Waals surface area contributed by atoms with Crippen molar-refractivity contribution in [1.82, 2.24) is 4.98 Å². The number of hydrogen-bond acceptors (Lipinski definition) is 1. The predicted octanol–water partition coefficient (Wildman–Crippen LogP) is 26.2. The largest absolute Gasteiger partial charge is 0.257 e. The first-order chi connectivity index (χ1) is 60.1. The van der Waals surface area contributed by atoms with Gasteiger partial charge in [-0.3, -0.25) is 4.98 Å². The van der Waals surface area contributed by atoms with Crippen LogP contribution >= 0.6 is 0 Å². The second-order valence-electron chi connectivity index (χ2n) is 35.6. The molecule has 0 unspecified atom stereocenters. The SMILES string of the molecule is Cc1ccc2c(n1)Cc1c-2ccc(-c2cccc[n+]2C)c1C.[2H]C(C)(C)c1c[n+](C)c(-c2cc(-c3ccccc3)c3c(c2C)Cc2ccccc2-3)cc1C.[2H]C([2H])([2H])c1c[n+](C)c(-c2cc(-c3ccccc3)c3c(c2C)Cc2ccccc2-3)cc1C([2H])([2H])C(C)(C)C.[2H]C([2H])(c1c[n+](C)c(-c2cc(-c3ccccc3)c3c(c2C)Cc2ccccc2-3)cc1C)C(C)(C)C. The molecule has 0 radical (unpaired) electrons. The summed E-state index contributed by atoms with van der Waals surface area (Å²) in [6, 6.07) is 86.2. The lowest BCUT2D eigenvalue weighted by Crippen LogP contribution is -2.32. The summed E-state index contributed by atoms with van der Waals surface area (Å²) in [5.41, 5.74) is 47.1. The number of pyridine rings is 5. The van der Waals surface area contributed by atoms with Crippen LogP contribution in [0.2, 0.25) is 0 Å². The van der Waals surface area contributed by atoms with E-state index in [1.807, 2.05) is 105 Å². The fourth-order valence-corrected chi connectivity index (χ4v) is 18.8. The van der Waals surface area contributed by atoms with Crippen LogP contribution in [0.4, 0.5) is 0 Å². The van der Waals surface area contributed by atoms with Crippen LogP contribution in [0.5, 0.6) is 0 Å². The summed E-state index contributed by atoms with van der Waals surface area (Å²) in [4.78, 5) is 4.72. The Morgan fingerprint density at radius 3 is 1.19 bits per heavy atom. The molecule has 0 N–H and O–H groups in total. The molecule has 0 atom stereocenters. The van der Waals surface area contributed by atoms with E-state index >= 15 is 0 Å². The number of benzene rings is 10. The van der Waals surface area contributed by atoms with Crippen molar-refractivity contribution in [2.24, 2.45) is 39.0 Å². The monoisotopic (exact) mass is 1560 g/mol. The lowest BCUT2D eigenvalue weighted by atomic mass is 9.85. The van der Waals surface area contributed by atoms with Gasteiger partial charge in [-0.25, -0.2) is 18.3 Å². The van der Waals surface area contributed by atoms with Gasteiger partial charge in [0.25, 0.3) is 0 Å². The lowest BCUT2D eigenvalue weighted by molar-refractivity contribution is -0.661. The second-order valence-corrected chi connectivity index (χ2v) is 35.6. The lowest BCUT2D eigenvalue weighted by Gasteiger charge is -2.20. The Labute approximate surface area is 720 Å². The van der Waals surface area contributed by atoms with E-state index in [0.29, 0.717) is 0 Å². The number of rotatable bonds is 10. The third-order valence-corrected chi connectivity index (χ3v) is 24.7. The fraction of sp³-hybridized carbons (Fsp3) is 0.254. The van der Waals surface area contributed by atoms with E-state index in [4.69, 9.17) is 16.0 Å². The number of nitrogens with zero attached hydrogens (tertiary/aromatic N) is 5. The summed E-state index contributed by atoms with van der Waals surface area (Å²) in [6.07, 6.45) is 8.25. The molecule has 0 aliphatic heterocycles. The number of aryl methyl sites for hydroxylation is 8. The third kappa shape index (κ3) is 15.9. The molecule has 0 saturated heterocycles. The average Bonchev–Trinajstić information content (AvgIpc) is 1.66.